The van der Waals surface area contributed by atoms with Crippen molar-refractivity contribution in [2.45, 2.75) is 52.2 Å². The quantitative estimate of drug-likeness (QED) is 0.628. The molecule has 1 atom stereocenters. The van der Waals surface area contributed by atoms with E-state index in [0.717, 1.165) is 12.1 Å². The van der Waals surface area contributed by atoms with Gasteiger partial charge in [0.05, 0.1) is 26.7 Å². The van der Waals surface area contributed by atoms with Crippen molar-refractivity contribution in [2.75, 3.05) is 27.2 Å². The van der Waals surface area contributed by atoms with Gasteiger partial charge in [0.25, 0.3) is 0 Å². The van der Waals surface area contributed by atoms with E-state index in [1.54, 1.807) is 0 Å². The number of likely N-dealkylation sites (tertiary alicyclic amines) is 1. The Balaban J connectivity index is 2.57. The SMILES string of the molecule is CC(C)N1CC[C@@H]([N+](C)(C)C(C)C)C1. The van der Waals surface area contributed by atoms with Gasteiger partial charge < -0.3 is 4.48 Å². The van der Waals surface area contributed by atoms with Crippen LogP contribution in [0.1, 0.15) is 34.1 Å². The molecule has 0 unspecified atom stereocenters. The summed E-state index contributed by atoms with van der Waals surface area (Å²) in [7, 11) is 4.75. The van der Waals surface area contributed by atoms with Crippen LogP contribution in [0.2, 0.25) is 0 Å². The van der Waals surface area contributed by atoms with Crippen LogP contribution in [0.4, 0.5) is 0 Å². The molecule has 2 nitrogen and oxygen atoms in total. The van der Waals surface area contributed by atoms with Gasteiger partial charge in [0, 0.05) is 19.0 Å². The summed E-state index contributed by atoms with van der Waals surface area (Å²) in [6.45, 7) is 11.8. The van der Waals surface area contributed by atoms with Gasteiger partial charge in [-0.3, -0.25) is 4.90 Å². The Morgan fingerprint density at radius 3 is 2.07 bits per heavy atom. The summed E-state index contributed by atoms with van der Waals surface area (Å²) < 4.78 is 1.17. The number of quaternary nitrogens is 1. The molecule has 84 valence electrons. The molecule has 0 amide bonds. The molecule has 0 saturated carbocycles. The number of hydrogen-bond acceptors (Lipinski definition) is 1. The third kappa shape index (κ3) is 2.29. The van der Waals surface area contributed by atoms with E-state index >= 15 is 0 Å². The lowest BCUT2D eigenvalue weighted by molar-refractivity contribution is -0.933. The predicted molar refractivity (Wildman–Crippen MR) is 62.4 cm³/mol. The minimum absolute atomic E-state index is 0.715. The molecule has 0 aliphatic carbocycles. The minimum Gasteiger partial charge on any atom is -0.323 e. The molecule has 0 bridgehead atoms. The van der Waals surface area contributed by atoms with Crippen LogP contribution in [-0.4, -0.2) is 54.7 Å². The number of nitrogens with zero attached hydrogens (tertiary/aromatic N) is 2. The first-order valence-electron chi connectivity index (χ1n) is 5.93. The first-order valence-corrected chi connectivity index (χ1v) is 5.93. The molecule has 0 aromatic heterocycles. The van der Waals surface area contributed by atoms with Gasteiger partial charge in [-0.05, 0) is 27.7 Å². The molecule has 1 rings (SSSR count). The summed E-state index contributed by atoms with van der Waals surface area (Å²) in [5.41, 5.74) is 0. The summed E-state index contributed by atoms with van der Waals surface area (Å²) in [6, 6.07) is 2.27. The maximum atomic E-state index is 2.60. The fraction of sp³-hybridized carbons (Fsp3) is 1.00. The Kier molecular flexibility index (Phi) is 3.59. The second kappa shape index (κ2) is 4.19. The van der Waals surface area contributed by atoms with Gasteiger partial charge in [-0.2, -0.15) is 0 Å². The van der Waals surface area contributed by atoms with Gasteiger partial charge in [0.1, 0.15) is 6.04 Å². The normalized spacial score (nSPS) is 25.3. The van der Waals surface area contributed by atoms with Crippen LogP contribution < -0.4 is 0 Å². The minimum atomic E-state index is 0.715. The van der Waals surface area contributed by atoms with Crippen LogP contribution in [-0.2, 0) is 0 Å². The van der Waals surface area contributed by atoms with Crippen molar-refractivity contribution in [1.29, 1.82) is 0 Å². The van der Waals surface area contributed by atoms with Crippen molar-refractivity contribution < 1.29 is 4.48 Å². The number of rotatable bonds is 3. The fourth-order valence-electron chi connectivity index (χ4n) is 2.20. The van der Waals surface area contributed by atoms with E-state index in [-0.39, 0.29) is 0 Å². The summed E-state index contributed by atoms with van der Waals surface area (Å²) in [5, 5.41) is 0. The van der Waals surface area contributed by atoms with Gasteiger partial charge in [-0.1, -0.05) is 0 Å². The highest BCUT2D eigenvalue weighted by atomic mass is 15.4. The molecule has 14 heavy (non-hydrogen) atoms. The summed E-state index contributed by atoms with van der Waals surface area (Å²) >= 11 is 0. The molecule has 2 heteroatoms. The van der Waals surface area contributed by atoms with Crippen molar-refractivity contribution in [3.05, 3.63) is 0 Å². The molecular weight excluding hydrogens is 172 g/mol. The van der Waals surface area contributed by atoms with E-state index < -0.39 is 0 Å². The average molecular weight is 199 g/mol. The molecule has 0 radical (unpaired) electrons. The molecule has 1 fully saturated rings. The zero-order valence-electron chi connectivity index (χ0n) is 10.7. The van der Waals surface area contributed by atoms with Crippen molar-refractivity contribution in [2.24, 2.45) is 0 Å². The number of hydrogen-bond donors (Lipinski definition) is 0. The summed E-state index contributed by atoms with van der Waals surface area (Å²) in [6.07, 6.45) is 1.36. The maximum Gasteiger partial charge on any atom is 0.103 e. The second-order valence-corrected chi connectivity index (χ2v) is 5.75. The third-order valence-corrected chi connectivity index (χ3v) is 4.20. The lowest BCUT2D eigenvalue weighted by Crippen LogP contribution is -2.54. The fourth-order valence-corrected chi connectivity index (χ4v) is 2.20. The van der Waals surface area contributed by atoms with Gasteiger partial charge in [0.2, 0.25) is 0 Å². The third-order valence-electron chi connectivity index (χ3n) is 4.20. The lowest BCUT2D eigenvalue weighted by atomic mass is 10.1. The number of likely N-dealkylation sites (N-methyl/N-ethyl adjacent to an activating group) is 1. The van der Waals surface area contributed by atoms with Gasteiger partial charge in [-0.15, -0.1) is 0 Å². The average Bonchev–Trinajstić information content (AvgIpc) is 2.51. The van der Waals surface area contributed by atoms with Crippen molar-refractivity contribution in [1.82, 2.24) is 4.90 Å². The van der Waals surface area contributed by atoms with Gasteiger partial charge >= 0.3 is 0 Å². The molecule has 0 N–H and O–H groups in total. The van der Waals surface area contributed by atoms with Crippen molar-refractivity contribution in [3.63, 3.8) is 0 Å². The standard InChI is InChI=1S/C12H27N2/c1-10(2)13-8-7-12(9-13)14(5,6)11(3)4/h10-12H,7-9H2,1-6H3/q+1/t12-/m1/s1. The van der Waals surface area contributed by atoms with Crippen LogP contribution in [0.15, 0.2) is 0 Å². The van der Waals surface area contributed by atoms with Crippen molar-refractivity contribution >= 4 is 0 Å². The Hall–Kier alpha value is -0.0800. The van der Waals surface area contributed by atoms with Crippen molar-refractivity contribution in [3.8, 4) is 0 Å². The Labute approximate surface area is 89.5 Å². The molecule has 1 aliphatic rings. The first kappa shape index (κ1) is 12.0. The van der Waals surface area contributed by atoms with E-state index in [4.69, 9.17) is 0 Å². The summed E-state index contributed by atoms with van der Waals surface area (Å²) in [5.74, 6) is 0. The van der Waals surface area contributed by atoms with Crippen LogP contribution >= 0.6 is 0 Å². The molecule has 0 spiro atoms. The Morgan fingerprint density at radius 2 is 1.71 bits per heavy atom. The van der Waals surface area contributed by atoms with Gasteiger partial charge in [-0.25, -0.2) is 0 Å². The monoisotopic (exact) mass is 199 g/mol. The zero-order valence-corrected chi connectivity index (χ0v) is 10.7. The highest BCUT2D eigenvalue weighted by Gasteiger charge is 2.37. The predicted octanol–water partition coefficient (Wildman–Crippen LogP) is 1.95. The van der Waals surface area contributed by atoms with Crippen LogP contribution in [0, 0.1) is 0 Å². The van der Waals surface area contributed by atoms with Gasteiger partial charge in [0.15, 0.2) is 0 Å². The summed E-state index contributed by atoms with van der Waals surface area (Å²) in [4.78, 5) is 2.60. The molecule has 1 heterocycles. The molecule has 0 aromatic rings. The van der Waals surface area contributed by atoms with Crippen LogP contribution in [0.25, 0.3) is 0 Å². The molecular formula is C12H27N2+. The maximum absolute atomic E-state index is 2.60. The Morgan fingerprint density at radius 1 is 1.14 bits per heavy atom. The van der Waals surface area contributed by atoms with E-state index in [9.17, 15) is 0 Å². The van der Waals surface area contributed by atoms with Crippen LogP contribution in [0.5, 0.6) is 0 Å². The smallest absolute Gasteiger partial charge is 0.103 e. The second-order valence-electron chi connectivity index (χ2n) is 5.75. The molecule has 1 aliphatic heterocycles. The van der Waals surface area contributed by atoms with E-state index in [2.05, 4.69) is 46.7 Å². The van der Waals surface area contributed by atoms with E-state index in [1.165, 1.54) is 24.0 Å². The first-order chi connectivity index (χ1) is 6.35. The molecule has 1 saturated heterocycles. The van der Waals surface area contributed by atoms with Crippen LogP contribution in [0.3, 0.4) is 0 Å². The Bertz CT molecular complexity index is 185. The topological polar surface area (TPSA) is 3.24 Å². The molecule has 0 aromatic carbocycles. The van der Waals surface area contributed by atoms with E-state index in [1.807, 2.05) is 0 Å². The highest BCUT2D eigenvalue weighted by molar-refractivity contribution is 4.79. The zero-order chi connectivity index (χ0) is 10.9. The lowest BCUT2D eigenvalue weighted by Gasteiger charge is -2.40. The van der Waals surface area contributed by atoms with E-state index in [0.29, 0.717) is 6.04 Å². The highest BCUT2D eigenvalue weighted by Crippen LogP contribution is 2.23. The largest absolute Gasteiger partial charge is 0.323 e.